The van der Waals surface area contributed by atoms with Crippen LogP contribution in [0, 0.1) is 5.92 Å². The highest BCUT2D eigenvalue weighted by Crippen LogP contribution is 2.42. The SMILES string of the molecule is CCC[C](C(C)c1nnc(-c2ccc(O)c3ccccc23)o1)C(F)(F)F. The minimum atomic E-state index is -4.41. The summed E-state index contributed by atoms with van der Waals surface area (Å²) in [6.45, 7) is 3.12. The van der Waals surface area contributed by atoms with Crippen molar-refractivity contribution in [3.05, 3.63) is 48.2 Å². The van der Waals surface area contributed by atoms with Gasteiger partial charge in [-0.2, -0.15) is 13.2 Å². The van der Waals surface area contributed by atoms with Crippen molar-refractivity contribution in [1.29, 1.82) is 0 Å². The Balaban J connectivity index is 1.99. The van der Waals surface area contributed by atoms with Crippen LogP contribution in [0.15, 0.2) is 40.8 Å². The number of hydrogen-bond donors (Lipinski definition) is 1. The van der Waals surface area contributed by atoms with Crippen LogP contribution < -0.4 is 0 Å². The molecule has 0 saturated heterocycles. The van der Waals surface area contributed by atoms with E-state index in [9.17, 15) is 18.3 Å². The van der Waals surface area contributed by atoms with Crippen LogP contribution in [0.25, 0.3) is 22.2 Å². The van der Waals surface area contributed by atoms with Crippen molar-refractivity contribution in [2.75, 3.05) is 0 Å². The Labute approximate surface area is 148 Å². The largest absolute Gasteiger partial charge is 0.507 e. The molecule has 1 radical (unpaired) electrons. The van der Waals surface area contributed by atoms with E-state index in [2.05, 4.69) is 10.2 Å². The van der Waals surface area contributed by atoms with E-state index in [1.54, 1.807) is 37.3 Å². The van der Waals surface area contributed by atoms with Crippen molar-refractivity contribution >= 4 is 10.8 Å². The normalized spacial score (nSPS) is 13.5. The second-order valence-electron chi connectivity index (χ2n) is 6.12. The smallest absolute Gasteiger partial charge is 0.396 e. The van der Waals surface area contributed by atoms with E-state index in [0.717, 1.165) is 0 Å². The number of aromatic nitrogens is 2. The molecule has 137 valence electrons. The number of nitrogens with zero attached hydrogens (tertiary/aromatic N) is 2. The molecule has 3 rings (SSSR count). The van der Waals surface area contributed by atoms with Gasteiger partial charge in [-0.25, -0.2) is 0 Å². The highest BCUT2D eigenvalue weighted by molar-refractivity contribution is 5.98. The number of phenolic OH excluding ortho intramolecular Hbond substituents is 1. The molecule has 0 aliphatic heterocycles. The van der Waals surface area contributed by atoms with Gasteiger partial charge in [-0.15, -0.1) is 10.2 Å². The molecule has 0 spiro atoms. The highest BCUT2D eigenvalue weighted by atomic mass is 19.4. The van der Waals surface area contributed by atoms with Crippen LogP contribution in [0.1, 0.15) is 38.5 Å². The van der Waals surface area contributed by atoms with E-state index < -0.39 is 18.0 Å². The summed E-state index contributed by atoms with van der Waals surface area (Å²) in [4.78, 5) is 0. The minimum absolute atomic E-state index is 0.0714. The van der Waals surface area contributed by atoms with Crippen LogP contribution >= 0.6 is 0 Å². The number of halogens is 3. The molecule has 0 bridgehead atoms. The van der Waals surface area contributed by atoms with Gasteiger partial charge in [0.05, 0.1) is 5.92 Å². The molecule has 0 amide bonds. The van der Waals surface area contributed by atoms with Gasteiger partial charge >= 0.3 is 6.18 Å². The summed E-state index contributed by atoms with van der Waals surface area (Å²) in [5.74, 6) is -1.43. The summed E-state index contributed by atoms with van der Waals surface area (Å²) < 4.78 is 45.4. The second kappa shape index (κ2) is 6.97. The van der Waals surface area contributed by atoms with Gasteiger partial charge in [0, 0.05) is 16.9 Å². The highest BCUT2D eigenvalue weighted by Gasteiger charge is 2.45. The minimum Gasteiger partial charge on any atom is -0.507 e. The summed E-state index contributed by atoms with van der Waals surface area (Å²) in [7, 11) is 0. The van der Waals surface area contributed by atoms with E-state index >= 15 is 0 Å². The van der Waals surface area contributed by atoms with Gasteiger partial charge in [-0.05, 0) is 23.9 Å². The second-order valence-corrected chi connectivity index (χ2v) is 6.12. The fraction of sp³-hybridized carbons (Fsp3) is 0.316. The third-order valence-corrected chi connectivity index (χ3v) is 4.35. The Morgan fingerprint density at radius 3 is 2.46 bits per heavy atom. The lowest BCUT2D eigenvalue weighted by Gasteiger charge is -2.22. The molecular weight excluding hydrogens is 345 g/mol. The molecule has 1 aromatic heterocycles. The molecule has 3 aromatic rings. The third-order valence-electron chi connectivity index (χ3n) is 4.35. The molecule has 2 aromatic carbocycles. The van der Waals surface area contributed by atoms with E-state index in [4.69, 9.17) is 4.42 Å². The van der Waals surface area contributed by atoms with Gasteiger partial charge in [0.15, 0.2) is 0 Å². The number of phenols is 1. The molecule has 1 N–H and O–H groups in total. The monoisotopic (exact) mass is 363 g/mol. The van der Waals surface area contributed by atoms with Gasteiger partial charge in [-0.1, -0.05) is 44.5 Å². The number of rotatable bonds is 5. The lowest BCUT2D eigenvalue weighted by Crippen LogP contribution is -2.25. The third kappa shape index (κ3) is 3.38. The molecule has 1 atom stereocenters. The Bertz CT molecular complexity index is 905. The van der Waals surface area contributed by atoms with Crippen molar-refractivity contribution < 1.29 is 22.7 Å². The standard InChI is InChI=1S/C19H18F3N2O2/c1-3-6-15(19(20,21)22)11(2)17-23-24-18(26-17)14-9-10-16(25)13-8-5-4-7-12(13)14/h4-5,7-11,25H,3,6H2,1-2H3. The average Bonchev–Trinajstić information content (AvgIpc) is 3.08. The van der Waals surface area contributed by atoms with Crippen LogP contribution in [0.2, 0.25) is 0 Å². The summed E-state index contributed by atoms with van der Waals surface area (Å²) in [6, 6.07) is 10.2. The first-order valence-corrected chi connectivity index (χ1v) is 8.30. The number of hydrogen-bond acceptors (Lipinski definition) is 4. The molecule has 0 saturated carbocycles. The molecule has 1 heterocycles. The number of aromatic hydroxyl groups is 1. The molecule has 1 unspecified atom stereocenters. The average molecular weight is 363 g/mol. The van der Waals surface area contributed by atoms with Gasteiger partial charge in [0.1, 0.15) is 5.75 Å². The van der Waals surface area contributed by atoms with Crippen molar-refractivity contribution in [1.82, 2.24) is 10.2 Å². The molecule has 4 nitrogen and oxygen atoms in total. The van der Waals surface area contributed by atoms with Gasteiger partial charge in [0.25, 0.3) is 0 Å². The lowest BCUT2D eigenvalue weighted by molar-refractivity contribution is -0.122. The summed E-state index contributed by atoms with van der Waals surface area (Å²) >= 11 is 0. The van der Waals surface area contributed by atoms with E-state index in [1.807, 2.05) is 0 Å². The Morgan fingerprint density at radius 1 is 1.12 bits per heavy atom. The Kier molecular flexibility index (Phi) is 4.89. The first kappa shape index (κ1) is 18.2. The quantitative estimate of drug-likeness (QED) is 0.638. The van der Waals surface area contributed by atoms with Gasteiger partial charge in [-0.3, -0.25) is 0 Å². The first-order valence-electron chi connectivity index (χ1n) is 8.30. The molecule has 0 aliphatic carbocycles. The van der Waals surface area contributed by atoms with Crippen molar-refractivity contribution in [2.24, 2.45) is 0 Å². The topological polar surface area (TPSA) is 59.2 Å². The zero-order chi connectivity index (χ0) is 18.9. The molecule has 0 aliphatic rings. The van der Waals surface area contributed by atoms with Crippen molar-refractivity contribution in [3.8, 4) is 17.2 Å². The Morgan fingerprint density at radius 2 is 1.81 bits per heavy atom. The number of fused-ring (bicyclic) bond motifs is 1. The Hall–Kier alpha value is -2.57. The van der Waals surface area contributed by atoms with Crippen molar-refractivity contribution in [3.63, 3.8) is 0 Å². The summed E-state index contributed by atoms with van der Waals surface area (Å²) in [6.07, 6.45) is -4.11. The number of benzene rings is 2. The van der Waals surface area contributed by atoms with E-state index in [1.165, 1.54) is 13.0 Å². The maximum atomic E-state index is 13.3. The first-order chi connectivity index (χ1) is 12.3. The van der Waals surface area contributed by atoms with Crippen LogP contribution in [-0.2, 0) is 0 Å². The zero-order valence-electron chi connectivity index (χ0n) is 14.3. The van der Waals surface area contributed by atoms with Crippen LogP contribution in [0.4, 0.5) is 13.2 Å². The zero-order valence-corrected chi connectivity index (χ0v) is 14.3. The van der Waals surface area contributed by atoms with Gasteiger partial charge in [0.2, 0.25) is 11.8 Å². The predicted octanol–water partition coefficient (Wildman–Crippen LogP) is 5.64. The molecule has 7 heteroatoms. The summed E-state index contributed by atoms with van der Waals surface area (Å²) in [5, 5.41) is 19.0. The predicted molar refractivity (Wildman–Crippen MR) is 91.5 cm³/mol. The maximum Gasteiger partial charge on any atom is 0.396 e. The van der Waals surface area contributed by atoms with Crippen LogP contribution in [0.5, 0.6) is 5.75 Å². The molecule has 26 heavy (non-hydrogen) atoms. The lowest BCUT2D eigenvalue weighted by atomic mass is 9.89. The van der Waals surface area contributed by atoms with Gasteiger partial charge < -0.3 is 9.52 Å². The molecular formula is C19H18F3N2O2. The molecule has 0 fully saturated rings. The van der Waals surface area contributed by atoms with Crippen LogP contribution in [-0.4, -0.2) is 21.5 Å². The van der Waals surface area contributed by atoms with E-state index in [-0.39, 0.29) is 24.0 Å². The fourth-order valence-corrected chi connectivity index (χ4v) is 3.01. The fourth-order valence-electron chi connectivity index (χ4n) is 3.01. The summed E-state index contributed by atoms with van der Waals surface area (Å²) in [5.41, 5.74) is 0.563. The van der Waals surface area contributed by atoms with E-state index in [0.29, 0.717) is 22.8 Å². The van der Waals surface area contributed by atoms with Crippen LogP contribution in [0.3, 0.4) is 0 Å². The van der Waals surface area contributed by atoms with Crippen molar-refractivity contribution in [2.45, 2.75) is 38.8 Å². The maximum absolute atomic E-state index is 13.3. The number of alkyl halides is 3.